The SMILES string of the molecule is COC(=O)NC1CCN(c2nc(Cl)nc(OC)n2)C1. The van der Waals surface area contributed by atoms with E-state index >= 15 is 0 Å². The summed E-state index contributed by atoms with van der Waals surface area (Å²) in [5.41, 5.74) is 0. The largest absolute Gasteiger partial charge is 0.467 e. The molecule has 1 saturated heterocycles. The molecule has 0 spiro atoms. The van der Waals surface area contributed by atoms with Gasteiger partial charge in [-0.05, 0) is 18.0 Å². The Bertz CT molecular complexity index is 472. The summed E-state index contributed by atoms with van der Waals surface area (Å²) in [4.78, 5) is 25.0. The Balaban J connectivity index is 2.04. The molecule has 1 aromatic heterocycles. The average molecular weight is 288 g/mol. The zero-order valence-electron chi connectivity index (χ0n) is 10.6. The third-order valence-electron chi connectivity index (χ3n) is 2.74. The van der Waals surface area contributed by atoms with E-state index in [0.717, 1.165) is 6.42 Å². The third kappa shape index (κ3) is 3.34. The van der Waals surface area contributed by atoms with Crippen LogP contribution in [0.1, 0.15) is 6.42 Å². The van der Waals surface area contributed by atoms with Crippen LogP contribution < -0.4 is 15.0 Å². The summed E-state index contributed by atoms with van der Waals surface area (Å²) in [6, 6.07) is 0.161. The Kier molecular flexibility index (Phi) is 4.20. The highest BCUT2D eigenvalue weighted by Crippen LogP contribution is 2.19. The van der Waals surface area contributed by atoms with Crippen molar-refractivity contribution in [3.63, 3.8) is 0 Å². The topological polar surface area (TPSA) is 89.5 Å². The van der Waals surface area contributed by atoms with Gasteiger partial charge in [-0.1, -0.05) is 0 Å². The maximum absolute atomic E-state index is 11.1. The van der Waals surface area contributed by atoms with Crippen molar-refractivity contribution in [1.82, 2.24) is 20.3 Å². The van der Waals surface area contributed by atoms with Crippen molar-refractivity contribution in [2.24, 2.45) is 0 Å². The summed E-state index contributed by atoms with van der Waals surface area (Å²) < 4.78 is 9.50. The van der Waals surface area contributed by atoms with Gasteiger partial charge in [0.05, 0.1) is 20.3 Å². The predicted octanol–water partition coefficient (Wildman–Crippen LogP) is 0.468. The molecule has 0 aliphatic carbocycles. The monoisotopic (exact) mass is 287 g/mol. The Labute approximate surface area is 115 Å². The van der Waals surface area contributed by atoms with Crippen LogP contribution in [0.3, 0.4) is 0 Å². The van der Waals surface area contributed by atoms with Crippen LogP contribution in [0.2, 0.25) is 5.28 Å². The van der Waals surface area contributed by atoms with Gasteiger partial charge >= 0.3 is 12.1 Å². The van der Waals surface area contributed by atoms with E-state index in [1.807, 2.05) is 4.90 Å². The van der Waals surface area contributed by atoms with Crippen LogP contribution in [0.25, 0.3) is 0 Å². The van der Waals surface area contributed by atoms with Crippen molar-refractivity contribution in [1.29, 1.82) is 0 Å². The lowest BCUT2D eigenvalue weighted by molar-refractivity contribution is 0.167. The lowest BCUT2D eigenvalue weighted by Crippen LogP contribution is -2.37. The molecule has 0 radical (unpaired) electrons. The predicted molar refractivity (Wildman–Crippen MR) is 67.5 cm³/mol. The number of amides is 1. The summed E-state index contributed by atoms with van der Waals surface area (Å²) in [5, 5.41) is 2.81. The number of nitrogens with zero attached hydrogens (tertiary/aromatic N) is 4. The minimum atomic E-state index is -0.446. The van der Waals surface area contributed by atoms with Crippen molar-refractivity contribution in [2.75, 3.05) is 32.2 Å². The fourth-order valence-corrected chi connectivity index (χ4v) is 1.99. The lowest BCUT2D eigenvalue weighted by atomic mass is 10.3. The first-order chi connectivity index (χ1) is 9.12. The maximum Gasteiger partial charge on any atom is 0.407 e. The molecule has 1 unspecified atom stereocenters. The van der Waals surface area contributed by atoms with Crippen LogP contribution in [-0.4, -0.2) is 54.4 Å². The van der Waals surface area contributed by atoms with Gasteiger partial charge in [0, 0.05) is 13.1 Å². The number of carbonyl (C=O) groups excluding carboxylic acids is 1. The first kappa shape index (κ1) is 13.6. The number of hydrogen-bond acceptors (Lipinski definition) is 7. The molecule has 1 aliphatic rings. The normalized spacial score (nSPS) is 18.3. The van der Waals surface area contributed by atoms with Gasteiger partial charge in [-0.15, -0.1) is 0 Å². The second-order valence-corrected chi connectivity index (χ2v) is 4.30. The zero-order chi connectivity index (χ0) is 13.8. The molecule has 0 bridgehead atoms. The van der Waals surface area contributed by atoms with Crippen molar-refractivity contribution < 1.29 is 14.3 Å². The quantitative estimate of drug-likeness (QED) is 0.864. The van der Waals surface area contributed by atoms with Crippen LogP contribution in [-0.2, 0) is 4.74 Å². The number of aromatic nitrogens is 3. The molecule has 104 valence electrons. The van der Waals surface area contributed by atoms with Gasteiger partial charge in [-0.3, -0.25) is 0 Å². The van der Waals surface area contributed by atoms with Crippen LogP contribution >= 0.6 is 11.6 Å². The summed E-state index contributed by atoms with van der Waals surface area (Å²) in [7, 11) is 2.79. The molecule has 1 aliphatic heterocycles. The minimum Gasteiger partial charge on any atom is -0.467 e. The van der Waals surface area contributed by atoms with E-state index in [1.165, 1.54) is 14.2 Å². The average Bonchev–Trinajstić information content (AvgIpc) is 2.86. The number of ether oxygens (including phenoxy) is 2. The fraction of sp³-hybridized carbons (Fsp3) is 0.600. The van der Waals surface area contributed by atoms with Gasteiger partial charge in [0.2, 0.25) is 11.2 Å². The smallest absolute Gasteiger partial charge is 0.407 e. The van der Waals surface area contributed by atoms with Crippen molar-refractivity contribution in [3.05, 3.63) is 5.28 Å². The Morgan fingerprint density at radius 3 is 2.89 bits per heavy atom. The molecule has 1 fully saturated rings. The number of alkyl carbamates (subject to hydrolysis) is 1. The van der Waals surface area contributed by atoms with E-state index in [0.29, 0.717) is 19.0 Å². The van der Waals surface area contributed by atoms with Crippen molar-refractivity contribution >= 4 is 23.6 Å². The summed E-state index contributed by atoms with van der Waals surface area (Å²) >= 11 is 5.79. The number of carbonyl (C=O) groups is 1. The molecule has 9 heteroatoms. The van der Waals surface area contributed by atoms with Gasteiger partial charge in [-0.25, -0.2) is 4.79 Å². The second-order valence-electron chi connectivity index (χ2n) is 3.96. The third-order valence-corrected chi connectivity index (χ3v) is 2.91. The first-order valence-corrected chi connectivity index (χ1v) is 6.05. The molecular weight excluding hydrogens is 274 g/mol. The molecule has 19 heavy (non-hydrogen) atoms. The number of anilines is 1. The molecule has 1 aromatic rings. The second kappa shape index (κ2) is 5.87. The summed E-state index contributed by atoms with van der Waals surface area (Å²) in [5.74, 6) is 0.436. The Hall–Kier alpha value is -1.83. The molecule has 8 nitrogen and oxygen atoms in total. The molecule has 0 saturated carbocycles. The van der Waals surface area contributed by atoms with Crippen LogP contribution in [0.15, 0.2) is 0 Å². The van der Waals surface area contributed by atoms with Gasteiger partial charge < -0.3 is 19.7 Å². The first-order valence-electron chi connectivity index (χ1n) is 5.67. The highest BCUT2D eigenvalue weighted by Gasteiger charge is 2.26. The fourth-order valence-electron chi connectivity index (χ4n) is 1.84. The van der Waals surface area contributed by atoms with Gasteiger partial charge in [0.25, 0.3) is 0 Å². The molecule has 0 aromatic carbocycles. The van der Waals surface area contributed by atoms with E-state index in [4.69, 9.17) is 16.3 Å². The van der Waals surface area contributed by atoms with Crippen LogP contribution in [0.4, 0.5) is 10.7 Å². The maximum atomic E-state index is 11.1. The van der Waals surface area contributed by atoms with E-state index in [-0.39, 0.29) is 17.3 Å². The molecule has 2 rings (SSSR count). The highest BCUT2D eigenvalue weighted by atomic mass is 35.5. The van der Waals surface area contributed by atoms with Crippen molar-refractivity contribution in [3.8, 4) is 6.01 Å². The van der Waals surface area contributed by atoms with E-state index in [9.17, 15) is 4.79 Å². The van der Waals surface area contributed by atoms with Crippen LogP contribution in [0.5, 0.6) is 6.01 Å². The molecule has 1 amide bonds. The Morgan fingerprint density at radius 1 is 1.42 bits per heavy atom. The van der Waals surface area contributed by atoms with Gasteiger partial charge in [-0.2, -0.15) is 15.0 Å². The van der Waals surface area contributed by atoms with Gasteiger partial charge in [0.15, 0.2) is 0 Å². The summed E-state index contributed by atoms with van der Waals surface area (Å²) in [6.45, 7) is 1.29. The lowest BCUT2D eigenvalue weighted by Gasteiger charge is -2.16. The minimum absolute atomic E-state index is 0.00557. The number of halogens is 1. The summed E-state index contributed by atoms with van der Waals surface area (Å²) in [6.07, 6.45) is 0.332. The Morgan fingerprint density at radius 2 is 2.21 bits per heavy atom. The molecule has 2 heterocycles. The van der Waals surface area contributed by atoms with E-state index in [1.54, 1.807) is 0 Å². The number of hydrogen-bond donors (Lipinski definition) is 1. The number of rotatable bonds is 3. The number of methoxy groups -OCH3 is 2. The van der Waals surface area contributed by atoms with E-state index < -0.39 is 6.09 Å². The molecular formula is C10H14ClN5O3. The van der Waals surface area contributed by atoms with Crippen LogP contribution in [0, 0.1) is 0 Å². The number of nitrogens with one attached hydrogen (secondary N) is 1. The highest BCUT2D eigenvalue weighted by molar-refractivity contribution is 6.28. The van der Waals surface area contributed by atoms with E-state index in [2.05, 4.69) is 25.0 Å². The zero-order valence-corrected chi connectivity index (χ0v) is 11.3. The standard InChI is InChI=1S/C10H14ClN5O3/c1-18-9-14-7(11)13-8(15-9)16-4-3-6(5-16)12-10(17)19-2/h6H,3-5H2,1-2H3,(H,12,17). The van der Waals surface area contributed by atoms with Gasteiger partial charge in [0.1, 0.15) is 0 Å². The van der Waals surface area contributed by atoms with Crippen molar-refractivity contribution in [2.45, 2.75) is 12.5 Å². The molecule has 1 atom stereocenters. The molecule has 1 N–H and O–H groups in total.